The van der Waals surface area contributed by atoms with E-state index in [1.165, 1.54) is 18.2 Å². The second-order valence-electron chi connectivity index (χ2n) is 8.53. The first-order valence-electron chi connectivity index (χ1n) is 11.4. The Balaban J connectivity index is 1.74. The molecule has 16 heteroatoms. The monoisotopic (exact) mass is 694 g/mol. The molecule has 0 saturated carbocycles. The van der Waals surface area contributed by atoms with Gasteiger partial charge in [-0.1, -0.05) is 40.2 Å². The minimum absolute atomic E-state index is 0.321. The summed E-state index contributed by atoms with van der Waals surface area (Å²) in [5.41, 5.74) is -0.865. The lowest BCUT2D eigenvalue weighted by atomic mass is 10.0. The first-order chi connectivity index (χ1) is 19.4. The van der Waals surface area contributed by atoms with E-state index in [9.17, 15) is 43.2 Å². The van der Waals surface area contributed by atoms with Gasteiger partial charge >= 0.3 is 12.5 Å². The second kappa shape index (κ2) is 11.5. The van der Waals surface area contributed by atoms with Crippen LogP contribution in [0.15, 0.2) is 105 Å². The van der Waals surface area contributed by atoms with Gasteiger partial charge in [-0.2, -0.15) is 13.2 Å². The summed E-state index contributed by atoms with van der Waals surface area (Å²) in [6, 6.07) is 16.9. The predicted octanol–water partition coefficient (Wildman–Crippen LogP) is 7.64. The van der Waals surface area contributed by atoms with Crippen LogP contribution in [-0.4, -0.2) is 23.2 Å². The van der Waals surface area contributed by atoms with Gasteiger partial charge in [0.15, 0.2) is 0 Å². The van der Waals surface area contributed by atoms with E-state index < -0.39 is 53.7 Å². The maximum absolute atomic E-state index is 13.2. The average molecular weight is 695 g/mol. The summed E-state index contributed by atoms with van der Waals surface area (Å²) < 4.78 is 138. The molecular formula is C26H17BrF6N2O5S2. The molecule has 4 aromatic carbocycles. The lowest BCUT2D eigenvalue weighted by molar-refractivity contribution is -0.274. The van der Waals surface area contributed by atoms with Gasteiger partial charge in [-0.25, -0.2) is 16.8 Å². The van der Waals surface area contributed by atoms with E-state index in [-0.39, 0.29) is 11.4 Å². The Kier molecular flexibility index (Phi) is 8.53. The first-order valence-corrected chi connectivity index (χ1v) is 15.2. The van der Waals surface area contributed by atoms with Crippen LogP contribution in [0.1, 0.15) is 5.56 Å². The third-order valence-corrected chi connectivity index (χ3v) is 8.74. The molecule has 0 unspecified atom stereocenters. The highest BCUT2D eigenvalue weighted by molar-refractivity contribution is 9.10. The number of halogens is 7. The summed E-state index contributed by atoms with van der Waals surface area (Å²) in [6.07, 6.45) is -9.82. The van der Waals surface area contributed by atoms with Crippen LogP contribution < -0.4 is 14.2 Å². The molecule has 0 radical (unpaired) electrons. The van der Waals surface area contributed by atoms with E-state index in [1.807, 2.05) is 0 Å². The van der Waals surface area contributed by atoms with Crippen LogP contribution in [0, 0.1) is 0 Å². The van der Waals surface area contributed by atoms with Crippen molar-refractivity contribution in [2.24, 2.45) is 0 Å². The molecule has 7 nitrogen and oxygen atoms in total. The van der Waals surface area contributed by atoms with Crippen molar-refractivity contribution in [1.82, 2.24) is 0 Å². The molecule has 0 saturated heterocycles. The quantitative estimate of drug-likeness (QED) is 0.185. The molecule has 0 atom stereocenters. The fourth-order valence-corrected chi connectivity index (χ4v) is 6.23. The summed E-state index contributed by atoms with van der Waals surface area (Å²) in [5.74, 6) is -0.673. The van der Waals surface area contributed by atoms with Crippen molar-refractivity contribution in [2.45, 2.75) is 22.3 Å². The fraction of sp³-hybridized carbons (Fsp3) is 0.0769. The van der Waals surface area contributed by atoms with Crippen LogP contribution in [0.5, 0.6) is 5.75 Å². The molecule has 0 heterocycles. The Labute approximate surface area is 244 Å². The highest BCUT2D eigenvalue weighted by Crippen LogP contribution is 2.35. The summed E-state index contributed by atoms with van der Waals surface area (Å²) in [7, 11) is -9.19. The SMILES string of the molecule is O=S(=O)(Nc1ccc(-c2cccc(Br)c2)cc1NS(=O)(=O)c1ccc(OC(F)(F)F)cc1)c1cccc(C(F)(F)F)c1. The van der Waals surface area contributed by atoms with Crippen LogP contribution >= 0.6 is 15.9 Å². The third kappa shape index (κ3) is 7.74. The van der Waals surface area contributed by atoms with Crippen molar-refractivity contribution in [3.05, 3.63) is 101 Å². The topological polar surface area (TPSA) is 102 Å². The molecule has 4 aromatic rings. The smallest absolute Gasteiger partial charge is 0.406 e. The molecule has 2 N–H and O–H groups in total. The fourth-order valence-electron chi connectivity index (χ4n) is 3.63. The summed E-state index contributed by atoms with van der Waals surface area (Å²) in [6.45, 7) is 0. The number of anilines is 2. The molecule has 0 aromatic heterocycles. The van der Waals surface area contributed by atoms with Gasteiger partial charge in [0.25, 0.3) is 20.0 Å². The molecule has 0 aliphatic rings. The lowest BCUT2D eigenvalue weighted by Crippen LogP contribution is -2.19. The van der Waals surface area contributed by atoms with Gasteiger partial charge in [0.2, 0.25) is 0 Å². The molecule has 0 fully saturated rings. The van der Waals surface area contributed by atoms with Crippen LogP contribution in [0.3, 0.4) is 0 Å². The van der Waals surface area contributed by atoms with Crippen molar-refractivity contribution in [1.29, 1.82) is 0 Å². The molecule has 0 aliphatic heterocycles. The average Bonchev–Trinajstić information content (AvgIpc) is 2.88. The zero-order valence-corrected chi connectivity index (χ0v) is 23.9. The van der Waals surface area contributed by atoms with Crippen LogP contribution in [0.2, 0.25) is 0 Å². The molecule has 222 valence electrons. The van der Waals surface area contributed by atoms with Crippen molar-refractivity contribution < 1.29 is 47.9 Å². The summed E-state index contributed by atoms with van der Waals surface area (Å²) in [5, 5.41) is 0. The van der Waals surface area contributed by atoms with E-state index in [1.54, 1.807) is 24.3 Å². The van der Waals surface area contributed by atoms with Crippen LogP contribution in [0.25, 0.3) is 11.1 Å². The van der Waals surface area contributed by atoms with E-state index in [4.69, 9.17) is 0 Å². The lowest BCUT2D eigenvalue weighted by Gasteiger charge is -2.17. The highest BCUT2D eigenvalue weighted by atomic mass is 79.9. The van der Waals surface area contributed by atoms with Crippen molar-refractivity contribution in [2.75, 3.05) is 9.44 Å². The van der Waals surface area contributed by atoms with Gasteiger partial charge in [0, 0.05) is 4.47 Å². The maximum Gasteiger partial charge on any atom is 0.573 e. The van der Waals surface area contributed by atoms with Gasteiger partial charge in [-0.15, -0.1) is 13.2 Å². The minimum atomic E-state index is -5.00. The number of alkyl halides is 6. The first kappa shape index (κ1) is 31.2. The number of nitrogens with one attached hydrogen (secondary N) is 2. The summed E-state index contributed by atoms with van der Waals surface area (Å²) >= 11 is 3.32. The van der Waals surface area contributed by atoms with Gasteiger partial charge < -0.3 is 4.74 Å². The number of rotatable bonds is 8. The Bertz CT molecular complexity index is 1830. The number of hydrogen-bond donors (Lipinski definition) is 2. The zero-order chi connectivity index (χ0) is 30.9. The second-order valence-corrected chi connectivity index (χ2v) is 12.8. The third-order valence-electron chi connectivity index (χ3n) is 5.51. The van der Waals surface area contributed by atoms with Gasteiger partial charge in [0.1, 0.15) is 5.75 Å². The van der Waals surface area contributed by atoms with E-state index in [0.717, 1.165) is 36.4 Å². The largest absolute Gasteiger partial charge is 0.573 e. The number of hydrogen-bond acceptors (Lipinski definition) is 5. The molecule has 0 bridgehead atoms. The Hall–Kier alpha value is -3.76. The van der Waals surface area contributed by atoms with Crippen LogP contribution in [-0.2, 0) is 26.2 Å². The minimum Gasteiger partial charge on any atom is -0.406 e. The Morgan fingerprint density at radius 3 is 1.83 bits per heavy atom. The normalized spacial score (nSPS) is 12.5. The highest BCUT2D eigenvalue weighted by Gasteiger charge is 2.32. The number of sulfonamides is 2. The Morgan fingerprint density at radius 2 is 1.21 bits per heavy atom. The Morgan fingerprint density at radius 1 is 0.619 bits per heavy atom. The summed E-state index contributed by atoms with van der Waals surface area (Å²) in [4.78, 5) is -1.22. The van der Waals surface area contributed by atoms with E-state index >= 15 is 0 Å². The van der Waals surface area contributed by atoms with Crippen molar-refractivity contribution in [3.63, 3.8) is 0 Å². The van der Waals surface area contributed by atoms with Crippen LogP contribution in [0.4, 0.5) is 37.7 Å². The number of ether oxygens (including phenoxy) is 1. The zero-order valence-electron chi connectivity index (χ0n) is 20.7. The molecule has 0 aliphatic carbocycles. The van der Waals surface area contributed by atoms with Gasteiger partial charge in [0.05, 0.1) is 26.7 Å². The molecular weight excluding hydrogens is 678 g/mol. The maximum atomic E-state index is 13.2. The predicted molar refractivity (Wildman–Crippen MR) is 146 cm³/mol. The standard InChI is InChI=1S/C26H17BrF6N2O5S2/c27-19-5-1-3-16(13-19)17-7-12-23(34-42(38,39)22-6-2-4-18(15-22)25(28,29)30)24(14-17)35-41(36,37)21-10-8-20(9-11-21)40-26(31,32)33/h1-15,34-35H. The molecule has 4 rings (SSSR count). The number of benzene rings is 4. The van der Waals surface area contributed by atoms with Crippen molar-refractivity contribution >= 4 is 47.4 Å². The van der Waals surface area contributed by atoms with Crippen molar-refractivity contribution in [3.8, 4) is 16.9 Å². The van der Waals surface area contributed by atoms with Gasteiger partial charge in [-0.3, -0.25) is 9.44 Å². The molecule has 0 amide bonds. The van der Waals surface area contributed by atoms with Gasteiger partial charge in [-0.05, 0) is 77.9 Å². The van der Waals surface area contributed by atoms with E-state index in [2.05, 4.69) is 30.1 Å². The molecule has 0 spiro atoms. The molecule has 42 heavy (non-hydrogen) atoms. The van der Waals surface area contributed by atoms with E-state index in [0.29, 0.717) is 27.7 Å².